The molecule has 2 heterocycles. The predicted molar refractivity (Wildman–Crippen MR) is 113 cm³/mol. The third-order valence-corrected chi connectivity index (χ3v) is 5.54. The van der Waals surface area contributed by atoms with Crippen LogP contribution >= 0.6 is 22.7 Å². The molecule has 0 aliphatic heterocycles. The summed E-state index contributed by atoms with van der Waals surface area (Å²) in [6.07, 6.45) is 1.59. The van der Waals surface area contributed by atoms with Crippen LogP contribution in [0.2, 0.25) is 0 Å². The number of carbonyl (C=O) groups is 1. The highest BCUT2D eigenvalue weighted by Crippen LogP contribution is 2.29. The SMILES string of the molecule is CC(C)COC(=O)c1ccc(N=CC(C#N)c2nc(-c3cccs3)cs2)cc1. The smallest absolute Gasteiger partial charge is 0.338 e. The Morgan fingerprint density at radius 3 is 2.71 bits per heavy atom. The summed E-state index contributed by atoms with van der Waals surface area (Å²) in [5.74, 6) is -0.570. The van der Waals surface area contributed by atoms with Gasteiger partial charge in [-0.05, 0) is 41.6 Å². The maximum absolute atomic E-state index is 11.9. The fourth-order valence-electron chi connectivity index (χ4n) is 2.29. The van der Waals surface area contributed by atoms with Crippen molar-refractivity contribution in [2.75, 3.05) is 6.61 Å². The molecule has 0 aliphatic carbocycles. The van der Waals surface area contributed by atoms with Crippen molar-refractivity contribution in [2.45, 2.75) is 19.8 Å². The van der Waals surface area contributed by atoms with Crippen LogP contribution in [-0.4, -0.2) is 23.8 Å². The van der Waals surface area contributed by atoms with Crippen LogP contribution in [0, 0.1) is 17.2 Å². The van der Waals surface area contributed by atoms with Crippen LogP contribution in [0.3, 0.4) is 0 Å². The number of nitriles is 1. The van der Waals surface area contributed by atoms with Gasteiger partial charge in [-0.25, -0.2) is 9.78 Å². The monoisotopic (exact) mass is 409 g/mol. The first-order valence-electron chi connectivity index (χ1n) is 8.77. The lowest BCUT2D eigenvalue weighted by atomic mass is 10.2. The van der Waals surface area contributed by atoms with Crippen molar-refractivity contribution in [1.29, 1.82) is 5.26 Å². The van der Waals surface area contributed by atoms with E-state index in [1.807, 2.05) is 36.7 Å². The van der Waals surface area contributed by atoms with Crippen molar-refractivity contribution in [3.8, 4) is 16.6 Å². The van der Waals surface area contributed by atoms with Crippen molar-refractivity contribution in [1.82, 2.24) is 4.98 Å². The highest BCUT2D eigenvalue weighted by Gasteiger charge is 2.14. The minimum Gasteiger partial charge on any atom is -0.462 e. The maximum Gasteiger partial charge on any atom is 0.338 e. The van der Waals surface area contributed by atoms with Gasteiger partial charge in [-0.2, -0.15) is 5.26 Å². The second kappa shape index (κ2) is 9.40. The summed E-state index contributed by atoms with van der Waals surface area (Å²) in [5.41, 5.74) is 2.03. The first-order valence-corrected chi connectivity index (χ1v) is 10.5. The van der Waals surface area contributed by atoms with Gasteiger partial charge in [0, 0.05) is 11.6 Å². The van der Waals surface area contributed by atoms with Crippen LogP contribution < -0.4 is 0 Å². The summed E-state index contributed by atoms with van der Waals surface area (Å²) in [6.45, 7) is 4.37. The summed E-state index contributed by atoms with van der Waals surface area (Å²) >= 11 is 3.07. The van der Waals surface area contributed by atoms with Gasteiger partial charge in [-0.3, -0.25) is 4.99 Å². The number of aliphatic imine (C=N–C) groups is 1. The van der Waals surface area contributed by atoms with Gasteiger partial charge >= 0.3 is 5.97 Å². The molecule has 0 N–H and O–H groups in total. The van der Waals surface area contributed by atoms with E-state index in [9.17, 15) is 10.1 Å². The number of carbonyl (C=O) groups excluding carboxylic acids is 1. The van der Waals surface area contributed by atoms with Gasteiger partial charge in [0.2, 0.25) is 0 Å². The number of thiophene rings is 1. The number of hydrogen-bond acceptors (Lipinski definition) is 7. The van der Waals surface area contributed by atoms with Crippen molar-refractivity contribution in [3.05, 3.63) is 57.7 Å². The molecule has 2 aromatic heterocycles. The molecule has 0 radical (unpaired) electrons. The Balaban J connectivity index is 1.66. The van der Waals surface area contributed by atoms with E-state index < -0.39 is 5.92 Å². The fourth-order valence-corrected chi connectivity index (χ4v) is 3.87. The van der Waals surface area contributed by atoms with E-state index in [1.165, 1.54) is 11.3 Å². The van der Waals surface area contributed by atoms with Crippen LogP contribution in [0.15, 0.2) is 52.2 Å². The van der Waals surface area contributed by atoms with Crippen LogP contribution in [0.25, 0.3) is 10.6 Å². The van der Waals surface area contributed by atoms with E-state index >= 15 is 0 Å². The number of ether oxygens (including phenoxy) is 1. The molecule has 1 unspecified atom stereocenters. The summed E-state index contributed by atoms with van der Waals surface area (Å²) in [5, 5.41) is 14.2. The zero-order valence-corrected chi connectivity index (χ0v) is 17.2. The summed E-state index contributed by atoms with van der Waals surface area (Å²) in [7, 11) is 0. The Labute approximate surface area is 172 Å². The van der Waals surface area contributed by atoms with Gasteiger partial charge < -0.3 is 4.74 Å². The Morgan fingerprint density at radius 2 is 2.07 bits per heavy atom. The first kappa shape index (κ1) is 19.9. The van der Waals surface area contributed by atoms with E-state index in [0.717, 1.165) is 10.6 Å². The topological polar surface area (TPSA) is 75.3 Å². The maximum atomic E-state index is 11.9. The number of thiazole rings is 1. The summed E-state index contributed by atoms with van der Waals surface area (Å²) < 4.78 is 5.21. The summed E-state index contributed by atoms with van der Waals surface area (Å²) in [4.78, 5) is 22.0. The second-order valence-corrected chi connectivity index (χ2v) is 8.31. The van der Waals surface area contributed by atoms with Gasteiger partial charge in [0.05, 0.1) is 34.5 Å². The Morgan fingerprint density at radius 1 is 1.29 bits per heavy atom. The number of benzene rings is 1. The van der Waals surface area contributed by atoms with Gasteiger partial charge in [0.25, 0.3) is 0 Å². The Bertz CT molecular complexity index is 984. The normalized spacial score (nSPS) is 12.2. The van der Waals surface area contributed by atoms with Gasteiger partial charge in [0.1, 0.15) is 10.9 Å². The third-order valence-electron chi connectivity index (χ3n) is 3.72. The van der Waals surface area contributed by atoms with E-state index in [1.54, 1.807) is 41.8 Å². The molecule has 0 bridgehead atoms. The van der Waals surface area contributed by atoms with Crippen LogP contribution in [0.1, 0.15) is 35.1 Å². The predicted octanol–water partition coefficient (Wildman–Crippen LogP) is 5.69. The molecule has 3 rings (SSSR count). The molecule has 1 atom stereocenters. The molecule has 5 nitrogen and oxygen atoms in total. The number of esters is 1. The Hall–Kier alpha value is -2.82. The second-order valence-electron chi connectivity index (χ2n) is 6.47. The van der Waals surface area contributed by atoms with E-state index in [-0.39, 0.29) is 5.97 Å². The van der Waals surface area contributed by atoms with Crippen LogP contribution in [0.4, 0.5) is 5.69 Å². The highest BCUT2D eigenvalue weighted by molar-refractivity contribution is 7.14. The minimum atomic E-state index is -0.519. The molecule has 7 heteroatoms. The molecule has 1 aromatic carbocycles. The number of rotatable bonds is 7. The van der Waals surface area contributed by atoms with Gasteiger partial charge in [-0.1, -0.05) is 19.9 Å². The van der Waals surface area contributed by atoms with E-state index in [2.05, 4.69) is 16.0 Å². The highest BCUT2D eigenvalue weighted by atomic mass is 32.1. The standard InChI is InChI=1S/C21H19N3O2S2/c1-14(2)12-26-21(25)15-5-7-17(8-6-15)23-11-16(10-22)20-24-18(13-28-20)19-4-3-9-27-19/h3-9,11,13-14,16H,12H2,1-2H3. The molecular weight excluding hydrogens is 390 g/mol. The molecule has 28 heavy (non-hydrogen) atoms. The van der Waals surface area contributed by atoms with Crippen molar-refractivity contribution < 1.29 is 9.53 Å². The van der Waals surface area contributed by atoms with Crippen molar-refractivity contribution >= 4 is 40.5 Å². The molecule has 0 saturated carbocycles. The average molecular weight is 410 g/mol. The van der Waals surface area contributed by atoms with E-state index in [4.69, 9.17) is 4.74 Å². The molecule has 0 fully saturated rings. The van der Waals surface area contributed by atoms with Gasteiger partial charge in [-0.15, -0.1) is 22.7 Å². The first-order chi connectivity index (χ1) is 13.6. The number of hydrogen-bond donors (Lipinski definition) is 0. The van der Waals surface area contributed by atoms with E-state index in [0.29, 0.717) is 28.8 Å². The van der Waals surface area contributed by atoms with Crippen LogP contribution in [0.5, 0.6) is 0 Å². The summed E-state index contributed by atoms with van der Waals surface area (Å²) in [6, 6.07) is 13.0. The molecule has 142 valence electrons. The van der Waals surface area contributed by atoms with Crippen molar-refractivity contribution in [2.24, 2.45) is 10.9 Å². The van der Waals surface area contributed by atoms with Crippen LogP contribution in [-0.2, 0) is 4.74 Å². The molecular formula is C21H19N3O2S2. The quantitative estimate of drug-likeness (QED) is 0.371. The zero-order valence-electron chi connectivity index (χ0n) is 15.5. The largest absolute Gasteiger partial charge is 0.462 e. The number of nitrogens with zero attached hydrogens (tertiary/aromatic N) is 3. The lowest BCUT2D eigenvalue weighted by molar-refractivity contribution is 0.0459. The molecule has 0 amide bonds. The third kappa shape index (κ3) is 5.12. The average Bonchev–Trinajstić information content (AvgIpc) is 3.39. The zero-order chi connectivity index (χ0) is 19.9. The lowest BCUT2D eigenvalue weighted by Gasteiger charge is -2.07. The van der Waals surface area contributed by atoms with Crippen molar-refractivity contribution in [3.63, 3.8) is 0 Å². The fraction of sp³-hybridized carbons (Fsp3) is 0.238. The molecule has 3 aromatic rings. The molecule has 0 saturated heterocycles. The molecule has 0 aliphatic rings. The number of aromatic nitrogens is 1. The molecule has 0 spiro atoms. The van der Waals surface area contributed by atoms with Gasteiger partial charge in [0.15, 0.2) is 0 Å². The minimum absolute atomic E-state index is 0.293. The Kier molecular flexibility index (Phi) is 6.69. The lowest BCUT2D eigenvalue weighted by Crippen LogP contribution is -2.09.